The Labute approximate surface area is 157 Å². The van der Waals surface area contributed by atoms with Crippen LogP contribution in [0.5, 0.6) is 5.88 Å². The maximum absolute atomic E-state index is 13.0. The monoisotopic (exact) mass is 394 g/mol. The number of benzene rings is 1. The molecule has 1 aliphatic heterocycles. The van der Waals surface area contributed by atoms with E-state index in [-0.39, 0.29) is 28.2 Å². The number of hydrogen-bond acceptors (Lipinski definition) is 6. The maximum Gasteiger partial charge on any atom is 0.220 e. The van der Waals surface area contributed by atoms with Gasteiger partial charge in [-0.05, 0) is 49.3 Å². The van der Waals surface area contributed by atoms with E-state index in [0.29, 0.717) is 29.0 Å². The van der Waals surface area contributed by atoms with Crippen molar-refractivity contribution in [2.24, 2.45) is 0 Å². The molecular weight excluding hydrogens is 372 g/mol. The van der Waals surface area contributed by atoms with Crippen molar-refractivity contribution in [3.05, 3.63) is 40.6 Å². The molecule has 1 aromatic heterocycles. The molecule has 1 unspecified atom stereocenters. The largest absolute Gasteiger partial charge is 0.493 e. The molecule has 1 aliphatic rings. The van der Waals surface area contributed by atoms with Crippen LogP contribution in [0.25, 0.3) is 0 Å². The van der Waals surface area contributed by atoms with Crippen LogP contribution in [0.15, 0.2) is 23.2 Å². The van der Waals surface area contributed by atoms with Crippen LogP contribution >= 0.6 is 11.8 Å². The summed E-state index contributed by atoms with van der Waals surface area (Å²) in [5.41, 5.74) is 1.95. The number of aromatic nitrogens is 2. The lowest BCUT2D eigenvalue weighted by Crippen LogP contribution is -2.21. The molecule has 2 heterocycles. The summed E-state index contributed by atoms with van der Waals surface area (Å²) in [5, 5.41) is 14.3. The predicted octanol–water partition coefficient (Wildman–Crippen LogP) is 3.12. The first-order valence-corrected chi connectivity index (χ1v) is 11.3. The lowest BCUT2D eigenvalue weighted by atomic mass is 9.94. The molecule has 0 fully saturated rings. The highest BCUT2D eigenvalue weighted by Gasteiger charge is 2.33. The lowest BCUT2D eigenvalue weighted by molar-refractivity contribution is 0.103. The summed E-state index contributed by atoms with van der Waals surface area (Å²) >= 11 is 1.70. The SMILES string of the molecule is CCSC1CCS(=O)(=O)c2ccc(C(=O)c3cnn(CC)c3O)c(C)c21. The number of carbonyl (C=O) groups is 1. The summed E-state index contributed by atoms with van der Waals surface area (Å²) in [7, 11) is -3.32. The van der Waals surface area contributed by atoms with Crippen LogP contribution in [0.3, 0.4) is 0 Å². The van der Waals surface area contributed by atoms with E-state index >= 15 is 0 Å². The van der Waals surface area contributed by atoms with Crippen molar-refractivity contribution in [2.45, 2.75) is 43.9 Å². The molecule has 0 saturated heterocycles. The number of nitrogens with zero attached hydrogens (tertiary/aromatic N) is 2. The minimum Gasteiger partial charge on any atom is -0.493 e. The first-order chi connectivity index (χ1) is 12.3. The van der Waals surface area contributed by atoms with E-state index in [9.17, 15) is 18.3 Å². The Hall–Kier alpha value is -1.80. The zero-order chi connectivity index (χ0) is 19.1. The van der Waals surface area contributed by atoms with Crippen molar-refractivity contribution < 1.29 is 18.3 Å². The van der Waals surface area contributed by atoms with Crippen LogP contribution in [0.4, 0.5) is 0 Å². The number of rotatable bonds is 5. The molecule has 0 amide bonds. The summed E-state index contributed by atoms with van der Waals surface area (Å²) < 4.78 is 26.3. The van der Waals surface area contributed by atoms with Crippen LogP contribution in [-0.2, 0) is 16.4 Å². The Morgan fingerprint density at radius 3 is 2.69 bits per heavy atom. The van der Waals surface area contributed by atoms with Crippen molar-refractivity contribution in [3.63, 3.8) is 0 Å². The standard InChI is InChI=1S/C18H22N2O4S2/c1-4-20-18(22)13(10-19-20)17(21)12-6-7-15-16(11(12)3)14(25-5-2)8-9-26(15,23)24/h6-7,10,14,22H,4-5,8-9H2,1-3H3. The molecule has 26 heavy (non-hydrogen) atoms. The van der Waals surface area contributed by atoms with Crippen LogP contribution in [-0.4, -0.2) is 40.6 Å². The van der Waals surface area contributed by atoms with Gasteiger partial charge in [0, 0.05) is 17.4 Å². The highest BCUT2D eigenvalue weighted by atomic mass is 32.2. The summed E-state index contributed by atoms with van der Waals surface area (Å²) in [6.07, 6.45) is 1.90. The van der Waals surface area contributed by atoms with E-state index < -0.39 is 9.84 Å². The van der Waals surface area contributed by atoms with Crippen molar-refractivity contribution in [3.8, 4) is 5.88 Å². The van der Waals surface area contributed by atoms with E-state index in [1.165, 1.54) is 16.9 Å². The molecule has 3 rings (SSSR count). The molecular formula is C18H22N2O4S2. The van der Waals surface area contributed by atoms with Gasteiger partial charge < -0.3 is 5.11 Å². The van der Waals surface area contributed by atoms with Crippen molar-refractivity contribution in [1.29, 1.82) is 0 Å². The van der Waals surface area contributed by atoms with Gasteiger partial charge in [-0.1, -0.05) is 6.92 Å². The summed E-state index contributed by atoms with van der Waals surface area (Å²) in [5.74, 6) is 0.493. The summed E-state index contributed by atoms with van der Waals surface area (Å²) in [6.45, 7) is 6.10. The molecule has 8 heteroatoms. The van der Waals surface area contributed by atoms with Gasteiger partial charge in [0.25, 0.3) is 0 Å². The van der Waals surface area contributed by atoms with E-state index in [4.69, 9.17) is 0 Å². The number of ketones is 1. The van der Waals surface area contributed by atoms with Gasteiger partial charge in [-0.3, -0.25) is 4.79 Å². The van der Waals surface area contributed by atoms with Crippen LogP contribution in [0.1, 0.15) is 52.6 Å². The Kier molecular flexibility index (Phi) is 5.16. The van der Waals surface area contributed by atoms with E-state index in [0.717, 1.165) is 11.3 Å². The minimum atomic E-state index is -3.32. The molecule has 140 valence electrons. The molecule has 2 aromatic rings. The zero-order valence-corrected chi connectivity index (χ0v) is 16.7. The Morgan fingerprint density at radius 2 is 2.08 bits per heavy atom. The first-order valence-electron chi connectivity index (χ1n) is 8.59. The van der Waals surface area contributed by atoms with Gasteiger partial charge in [0.1, 0.15) is 5.56 Å². The number of thioether (sulfide) groups is 1. The minimum absolute atomic E-state index is 0.0539. The molecule has 0 aliphatic carbocycles. The van der Waals surface area contributed by atoms with Gasteiger partial charge in [-0.15, -0.1) is 0 Å². The smallest absolute Gasteiger partial charge is 0.220 e. The third kappa shape index (κ3) is 3.05. The molecule has 0 spiro atoms. The maximum atomic E-state index is 13.0. The van der Waals surface area contributed by atoms with Crippen LogP contribution in [0.2, 0.25) is 0 Å². The van der Waals surface area contributed by atoms with Gasteiger partial charge in [0.15, 0.2) is 15.6 Å². The first kappa shape index (κ1) is 19.0. The summed E-state index contributed by atoms with van der Waals surface area (Å²) in [6, 6.07) is 3.09. The number of aryl methyl sites for hydroxylation is 1. The fourth-order valence-electron chi connectivity index (χ4n) is 3.42. The van der Waals surface area contributed by atoms with Gasteiger partial charge in [-0.2, -0.15) is 16.9 Å². The average molecular weight is 395 g/mol. The Bertz CT molecular complexity index is 964. The summed E-state index contributed by atoms with van der Waals surface area (Å²) in [4.78, 5) is 13.3. The molecule has 1 aromatic carbocycles. The van der Waals surface area contributed by atoms with E-state index in [1.807, 2.05) is 13.8 Å². The van der Waals surface area contributed by atoms with Gasteiger partial charge in [-0.25, -0.2) is 13.1 Å². The number of sulfone groups is 1. The second-order valence-electron chi connectivity index (χ2n) is 6.23. The zero-order valence-electron chi connectivity index (χ0n) is 15.0. The van der Waals surface area contributed by atoms with Gasteiger partial charge in [0.05, 0.1) is 16.8 Å². The normalized spacial score (nSPS) is 18.5. The van der Waals surface area contributed by atoms with Crippen molar-refractivity contribution in [2.75, 3.05) is 11.5 Å². The number of fused-ring (bicyclic) bond motifs is 1. The van der Waals surface area contributed by atoms with Gasteiger partial charge >= 0.3 is 0 Å². The molecule has 1 atom stereocenters. The van der Waals surface area contributed by atoms with Crippen molar-refractivity contribution in [1.82, 2.24) is 9.78 Å². The van der Waals surface area contributed by atoms with E-state index in [1.54, 1.807) is 24.8 Å². The lowest BCUT2D eigenvalue weighted by Gasteiger charge is -2.27. The third-order valence-electron chi connectivity index (χ3n) is 4.75. The number of hydrogen-bond donors (Lipinski definition) is 1. The molecule has 0 saturated carbocycles. The molecule has 1 N–H and O–H groups in total. The predicted molar refractivity (Wildman–Crippen MR) is 102 cm³/mol. The molecule has 0 bridgehead atoms. The van der Waals surface area contributed by atoms with E-state index in [2.05, 4.69) is 5.10 Å². The highest BCUT2D eigenvalue weighted by molar-refractivity contribution is 7.99. The van der Waals surface area contributed by atoms with Gasteiger partial charge in [0.2, 0.25) is 5.88 Å². The van der Waals surface area contributed by atoms with Crippen molar-refractivity contribution >= 4 is 27.4 Å². The third-order valence-corrected chi connectivity index (χ3v) is 7.76. The van der Waals surface area contributed by atoms with Crippen LogP contribution < -0.4 is 0 Å². The topological polar surface area (TPSA) is 89.3 Å². The highest BCUT2D eigenvalue weighted by Crippen LogP contribution is 2.43. The Balaban J connectivity index is 2.14. The average Bonchev–Trinajstić information content (AvgIpc) is 2.98. The molecule has 0 radical (unpaired) electrons. The Morgan fingerprint density at radius 1 is 1.35 bits per heavy atom. The fourth-order valence-corrected chi connectivity index (χ4v) is 6.47. The fraction of sp³-hybridized carbons (Fsp3) is 0.444. The number of aromatic hydroxyl groups is 1. The quantitative estimate of drug-likeness (QED) is 0.784. The second kappa shape index (κ2) is 7.08. The van der Waals surface area contributed by atoms with Crippen LogP contribution in [0, 0.1) is 6.92 Å². The molecule has 6 nitrogen and oxygen atoms in total. The number of carbonyl (C=O) groups excluding carboxylic acids is 1. The second-order valence-corrected chi connectivity index (χ2v) is 9.79.